The molecule has 1 unspecified atom stereocenters. The second-order valence-corrected chi connectivity index (χ2v) is 5.91. The van der Waals surface area contributed by atoms with Gasteiger partial charge in [-0.25, -0.2) is 4.79 Å². The highest BCUT2D eigenvalue weighted by Gasteiger charge is 2.30. The van der Waals surface area contributed by atoms with Gasteiger partial charge in [-0.15, -0.1) is 0 Å². The number of aromatic carboxylic acids is 1. The fourth-order valence-electron chi connectivity index (χ4n) is 3.01. The summed E-state index contributed by atoms with van der Waals surface area (Å²) in [6.07, 6.45) is 0.623. The number of carbonyl (C=O) groups is 2. The molecule has 1 N–H and O–H groups in total. The summed E-state index contributed by atoms with van der Waals surface area (Å²) in [6.45, 7) is 2.33. The molecule has 2 heterocycles. The van der Waals surface area contributed by atoms with Crippen LogP contribution in [0, 0.1) is 6.92 Å². The number of hydrogen-bond acceptors (Lipinski definition) is 4. The molecule has 1 atom stereocenters. The highest BCUT2D eigenvalue weighted by atomic mass is 16.5. The smallest absolute Gasteiger partial charge is 0.339 e. The van der Waals surface area contributed by atoms with Gasteiger partial charge in [0.1, 0.15) is 22.8 Å². The Morgan fingerprint density at radius 2 is 2.08 bits per heavy atom. The zero-order valence-electron chi connectivity index (χ0n) is 13.6. The van der Waals surface area contributed by atoms with Crippen LogP contribution in [0.4, 0.5) is 0 Å². The van der Waals surface area contributed by atoms with Gasteiger partial charge in [0.25, 0.3) is 0 Å². The number of rotatable bonds is 4. The summed E-state index contributed by atoms with van der Waals surface area (Å²) in [5, 5.41) is 9.08. The largest absolute Gasteiger partial charge is 0.493 e. The monoisotopic (exact) mass is 329 g/mol. The minimum Gasteiger partial charge on any atom is -0.493 e. The van der Waals surface area contributed by atoms with Crippen LogP contribution in [0.1, 0.15) is 39.8 Å². The summed E-state index contributed by atoms with van der Waals surface area (Å²) in [5.41, 5.74) is 1.02. The Kier molecular flexibility index (Phi) is 4.29. The molecule has 0 radical (unpaired) electrons. The van der Waals surface area contributed by atoms with Crippen LogP contribution in [0.5, 0.6) is 5.75 Å². The number of benzene rings is 1. The molecule has 0 saturated heterocycles. The first-order valence-electron chi connectivity index (χ1n) is 7.76. The maximum atomic E-state index is 12.8. The van der Waals surface area contributed by atoms with Gasteiger partial charge >= 0.3 is 5.97 Å². The van der Waals surface area contributed by atoms with Crippen molar-refractivity contribution in [1.29, 1.82) is 0 Å². The van der Waals surface area contributed by atoms with E-state index < -0.39 is 5.97 Å². The fourth-order valence-corrected chi connectivity index (χ4v) is 3.01. The van der Waals surface area contributed by atoms with Crippen LogP contribution in [0.15, 0.2) is 34.7 Å². The van der Waals surface area contributed by atoms with Gasteiger partial charge in [-0.2, -0.15) is 0 Å². The average Bonchev–Trinajstić information content (AvgIpc) is 2.94. The number of likely N-dealkylation sites (N-methyl/N-ethyl adjacent to an activating group) is 1. The first kappa shape index (κ1) is 16.1. The molecule has 0 fully saturated rings. The van der Waals surface area contributed by atoms with Crippen molar-refractivity contribution in [3.05, 3.63) is 53.0 Å². The zero-order valence-corrected chi connectivity index (χ0v) is 13.6. The van der Waals surface area contributed by atoms with Gasteiger partial charge in [-0.3, -0.25) is 4.79 Å². The lowest BCUT2D eigenvalue weighted by molar-refractivity contribution is -0.133. The van der Waals surface area contributed by atoms with Crippen molar-refractivity contribution in [3.63, 3.8) is 0 Å². The van der Waals surface area contributed by atoms with E-state index in [1.807, 2.05) is 24.3 Å². The number of carboxylic acids is 1. The Bertz CT molecular complexity index is 779. The first-order valence-corrected chi connectivity index (χ1v) is 7.76. The summed E-state index contributed by atoms with van der Waals surface area (Å²) in [7, 11) is 1.69. The normalized spacial score (nSPS) is 16.2. The molecule has 1 aliphatic heterocycles. The number of amides is 1. The number of aryl methyl sites for hydroxylation is 1. The van der Waals surface area contributed by atoms with E-state index in [0.717, 1.165) is 11.3 Å². The van der Waals surface area contributed by atoms with Crippen molar-refractivity contribution in [2.75, 3.05) is 13.7 Å². The van der Waals surface area contributed by atoms with Crippen molar-refractivity contribution in [2.24, 2.45) is 0 Å². The number of nitrogens with zero attached hydrogens (tertiary/aromatic N) is 1. The predicted octanol–water partition coefficient (Wildman–Crippen LogP) is 2.81. The third kappa shape index (κ3) is 2.99. The fraction of sp³-hybridized carbons (Fsp3) is 0.333. The Morgan fingerprint density at radius 1 is 1.33 bits per heavy atom. The molecule has 6 heteroatoms. The van der Waals surface area contributed by atoms with Gasteiger partial charge in [0, 0.05) is 12.6 Å². The van der Waals surface area contributed by atoms with Crippen molar-refractivity contribution in [3.8, 4) is 5.75 Å². The van der Waals surface area contributed by atoms with Gasteiger partial charge in [0.15, 0.2) is 0 Å². The van der Waals surface area contributed by atoms with Gasteiger partial charge < -0.3 is 19.2 Å². The number of carboxylic acid groups (broad SMARTS) is 1. The number of fused-ring (bicyclic) bond motifs is 1. The van der Waals surface area contributed by atoms with Crippen LogP contribution in [0.25, 0.3) is 0 Å². The summed E-state index contributed by atoms with van der Waals surface area (Å²) < 4.78 is 11.0. The molecule has 0 aliphatic carbocycles. The minimum atomic E-state index is -1.03. The molecule has 0 spiro atoms. The molecule has 1 aromatic carbocycles. The first-order chi connectivity index (χ1) is 11.5. The third-order valence-electron chi connectivity index (χ3n) is 4.23. The van der Waals surface area contributed by atoms with Crippen molar-refractivity contribution >= 4 is 11.9 Å². The van der Waals surface area contributed by atoms with E-state index in [9.17, 15) is 9.59 Å². The second kappa shape index (κ2) is 6.39. The molecule has 126 valence electrons. The van der Waals surface area contributed by atoms with Crippen LogP contribution < -0.4 is 4.74 Å². The van der Waals surface area contributed by atoms with Gasteiger partial charge in [-0.05, 0) is 25.5 Å². The zero-order chi connectivity index (χ0) is 17.3. The van der Waals surface area contributed by atoms with Crippen molar-refractivity contribution in [2.45, 2.75) is 25.8 Å². The molecular weight excluding hydrogens is 310 g/mol. The Morgan fingerprint density at radius 3 is 2.79 bits per heavy atom. The summed E-state index contributed by atoms with van der Waals surface area (Å²) in [5.74, 6) is 0.231. The Hall–Kier alpha value is -2.76. The van der Waals surface area contributed by atoms with Crippen molar-refractivity contribution < 1.29 is 23.8 Å². The lowest BCUT2D eigenvalue weighted by Crippen LogP contribution is -2.33. The number of para-hydroxylation sites is 1. The topological polar surface area (TPSA) is 80.0 Å². The number of ether oxygens (including phenoxy) is 1. The molecule has 6 nitrogen and oxygen atoms in total. The molecule has 24 heavy (non-hydrogen) atoms. The number of furan rings is 1. The standard InChI is InChI=1S/C18H19NO5/c1-11-15(18(21)22)9-12(24-11)10-19(2)17(20)14-7-8-23-16-6-4-3-5-13(14)16/h3-6,9,14H,7-8,10H2,1-2H3,(H,21,22). The summed E-state index contributed by atoms with van der Waals surface area (Å²) >= 11 is 0. The highest BCUT2D eigenvalue weighted by Crippen LogP contribution is 2.34. The van der Waals surface area contributed by atoms with E-state index in [1.54, 1.807) is 18.9 Å². The lowest BCUT2D eigenvalue weighted by atomic mass is 9.92. The summed E-state index contributed by atoms with van der Waals surface area (Å²) in [4.78, 5) is 25.5. The van der Waals surface area contributed by atoms with E-state index in [4.69, 9.17) is 14.3 Å². The van der Waals surface area contributed by atoms with Crippen LogP contribution in [0.2, 0.25) is 0 Å². The van der Waals surface area contributed by atoms with Gasteiger partial charge in [-0.1, -0.05) is 18.2 Å². The van der Waals surface area contributed by atoms with E-state index in [2.05, 4.69) is 0 Å². The average molecular weight is 329 g/mol. The molecule has 3 rings (SSSR count). The van der Waals surface area contributed by atoms with Crippen LogP contribution in [-0.2, 0) is 11.3 Å². The van der Waals surface area contributed by atoms with Gasteiger partial charge in [0.05, 0.1) is 19.1 Å². The molecule has 1 aliphatic rings. The number of carbonyl (C=O) groups excluding carboxylic acids is 1. The van der Waals surface area contributed by atoms with E-state index in [0.29, 0.717) is 24.5 Å². The Labute approximate surface area is 139 Å². The van der Waals surface area contributed by atoms with E-state index in [-0.39, 0.29) is 23.9 Å². The molecular formula is C18H19NO5. The Balaban J connectivity index is 1.76. The predicted molar refractivity (Wildman–Crippen MR) is 86.2 cm³/mol. The van der Waals surface area contributed by atoms with Crippen LogP contribution in [0.3, 0.4) is 0 Å². The second-order valence-electron chi connectivity index (χ2n) is 5.91. The maximum absolute atomic E-state index is 12.8. The molecule has 1 amide bonds. The summed E-state index contributed by atoms with van der Waals surface area (Å²) in [6, 6.07) is 9.02. The van der Waals surface area contributed by atoms with Crippen LogP contribution in [-0.4, -0.2) is 35.5 Å². The molecule has 1 aromatic heterocycles. The highest BCUT2D eigenvalue weighted by molar-refractivity contribution is 5.89. The number of hydrogen-bond donors (Lipinski definition) is 1. The maximum Gasteiger partial charge on any atom is 0.339 e. The van der Waals surface area contributed by atoms with Gasteiger partial charge in [0.2, 0.25) is 5.91 Å². The lowest BCUT2D eigenvalue weighted by Gasteiger charge is -2.28. The SMILES string of the molecule is Cc1oc(CN(C)C(=O)C2CCOc3ccccc32)cc1C(=O)O. The van der Waals surface area contributed by atoms with Crippen molar-refractivity contribution in [1.82, 2.24) is 4.90 Å². The molecule has 0 saturated carbocycles. The minimum absolute atomic E-state index is 0.0309. The van der Waals surface area contributed by atoms with Crippen LogP contribution >= 0.6 is 0 Å². The molecule has 2 aromatic rings. The third-order valence-corrected chi connectivity index (χ3v) is 4.23. The molecule has 0 bridgehead atoms. The van der Waals surface area contributed by atoms with E-state index >= 15 is 0 Å². The quantitative estimate of drug-likeness (QED) is 0.933. The van der Waals surface area contributed by atoms with E-state index in [1.165, 1.54) is 6.07 Å².